The molecule has 0 N–H and O–H groups in total. The summed E-state index contributed by atoms with van der Waals surface area (Å²) >= 11 is 0. The molecule has 0 fully saturated rings. The highest BCUT2D eigenvalue weighted by Crippen LogP contribution is 2.60. The molecule has 0 spiro atoms. The molecule has 0 amide bonds. The number of rotatable bonds is 25. The fourth-order valence-electron chi connectivity index (χ4n) is 4.81. The minimum absolute atomic E-state index is 0. The van der Waals surface area contributed by atoms with Crippen LogP contribution in [0.4, 0.5) is 0 Å². The predicted octanol–water partition coefficient (Wildman–Crippen LogP) is 7.21. The van der Waals surface area contributed by atoms with E-state index in [4.69, 9.17) is 4.74 Å². The van der Waals surface area contributed by atoms with E-state index >= 15 is 0 Å². The molecule has 34 heavy (non-hydrogen) atoms. The lowest BCUT2D eigenvalue weighted by Crippen LogP contribution is -3.00. The number of hydrogen-bond acceptors (Lipinski definition) is 2. The van der Waals surface area contributed by atoms with Gasteiger partial charge in [-0.2, -0.15) is 0 Å². The molecule has 204 valence electrons. The largest absolute Gasteiger partial charge is 1.00 e. The molecule has 0 heterocycles. The molecule has 0 saturated heterocycles. The third-order valence-electron chi connectivity index (χ3n) is 7.11. The molecule has 4 heteroatoms. The SMILES string of the molecule is C=C(C)C(=O)OCC[P+](CCCCCCCC)(CCCCCCCC)CCCCCCCC.[I-]. The summed E-state index contributed by atoms with van der Waals surface area (Å²) in [6.07, 6.45) is 30.2. The van der Waals surface area contributed by atoms with Crippen LogP contribution in [0, 0.1) is 0 Å². The van der Waals surface area contributed by atoms with E-state index in [0.29, 0.717) is 12.2 Å². The van der Waals surface area contributed by atoms with E-state index in [9.17, 15) is 4.79 Å². The summed E-state index contributed by atoms with van der Waals surface area (Å²) in [5.74, 6) is -0.202. The summed E-state index contributed by atoms with van der Waals surface area (Å²) in [5, 5.41) is 0. The first-order valence-corrected chi connectivity index (χ1v) is 17.2. The molecule has 0 rings (SSSR count). The van der Waals surface area contributed by atoms with Crippen molar-refractivity contribution in [3.63, 3.8) is 0 Å². The first-order chi connectivity index (χ1) is 16.0. The molecule has 0 aromatic heterocycles. The summed E-state index contributed by atoms with van der Waals surface area (Å²) in [7, 11) is -1.06. The van der Waals surface area contributed by atoms with Crippen molar-refractivity contribution >= 4 is 13.2 Å². The van der Waals surface area contributed by atoms with Crippen LogP contribution >= 0.6 is 7.26 Å². The van der Waals surface area contributed by atoms with E-state index in [1.807, 2.05) is 0 Å². The number of halogens is 1. The third-order valence-corrected chi connectivity index (χ3v) is 12.0. The van der Waals surface area contributed by atoms with Crippen molar-refractivity contribution in [1.82, 2.24) is 0 Å². The van der Waals surface area contributed by atoms with Crippen LogP contribution in [0.5, 0.6) is 0 Å². The summed E-state index contributed by atoms with van der Waals surface area (Å²) in [6, 6.07) is 0. The summed E-state index contributed by atoms with van der Waals surface area (Å²) < 4.78 is 5.63. The van der Waals surface area contributed by atoms with Crippen LogP contribution in [0.25, 0.3) is 0 Å². The van der Waals surface area contributed by atoms with Crippen molar-refractivity contribution in [2.45, 2.75) is 143 Å². The van der Waals surface area contributed by atoms with E-state index in [-0.39, 0.29) is 29.9 Å². The Kier molecular flexibility index (Phi) is 28.4. The number of carbonyl (C=O) groups is 1. The van der Waals surface area contributed by atoms with Crippen LogP contribution in [0.1, 0.15) is 143 Å². The fourth-order valence-corrected chi connectivity index (χ4v) is 9.31. The van der Waals surface area contributed by atoms with Crippen LogP contribution in [-0.4, -0.2) is 37.2 Å². The lowest BCUT2D eigenvalue weighted by Gasteiger charge is -2.28. The smallest absolute Gasteiger partial charge is 0.333 e. The Morgan fingerprint density at radius 3 is 1.24 bits per heavy atom. The van der Waals surface area contributed by atoms with Crippen molar-refractivity contribution in [3.05, 3.63) is 12.2 Å². The molecule has 0 unspecified atom stereocenters. The fraction of sp³-hybridized carbons (Fsp3) is 0.900. The maximum absolute atomic E-state index is 12.0. The maximum Gasteiger partial charge on any atom is 0.333 e. The van der Waals surface area contributed by atoms with Gasteiger partial charge < -0.3 is 28.7 Å². The molecule has 0 atom stereocenters. The molecular weight excluding hydrogens is 550 g/mol. The molecule has 0 aromatic rings. The topological polar surface area (TPSA) is 26.3 Å². The Bertz CT molecular complexity index is 426. The number of esters is 1. The van der Waals surface area contributed by atoms with Gasteiger partial charge in [0.25, 0.3) is 0 Å². The van der Waals surface area contributed by atoms with Gasteiger partial charge in [0.2, 0.25) is 0 Å². The highest BCUT2D eigenvalue weighted by molar-refractivity contribution is 7.75. The predicted molar refractivity (Wildman–Crippen MR) is 152 cm³/mol. The quantitative estimate of drug-likeness (QED) is 0.0359. The van der Waals surface area contributed by atoms with E-state index in [2.05, 4.69) is 27.4 Å². The van der Waals surface area contributed by atoms with Crippen LogP contribution in [0.3, 0.4) is 0 Å². The maximum atomic E-state index is 12.0. The van der Waals surface area contributed by atoms with Gasteiger partial charge in [0.05, 0.1) is 24.6 Å². The Labute approximate surface area is 232 Å². The van der Waals surface area contributed by atoms with Crippen LogP contribution < -0.4 is 24.0 Å². The second-order valence-corrected chi connectivity index (χ2v) is 14.9. The van der Waals surface area contributed by atoms with Crippen molar-refractivity contribution in [2.75, 3.05) is 31.3 Å². The number of carbonyl (C=O) groups excluding carboxylic acids is 1. The zero-order valence-electron chi connectivity index (χ0n) is 23.6. The lowest BCUT2D eigenvalue weighted by molar-refractivity contribution is -0.138. The second kappa shape index (κ2) is 26.4. The summed E-state index contributed by atoms with van der Waals surface area (Å²) in [4.78, 5) is 12.0. The second-order valence-electron chi connectivity index (χ2n) is 10.5. The van der Waals surface area contributed by atoms with Gasteiger partial charge in [0, 0.05) is 12.8 Å². The molecular formula is C30H60IO2P. The van der Waals surface area contributed by atoms with Crippen LogP contribution in [0.2, 0.25) is 0 Å². The molecule has 0 aliphatic carbocycles. The molecule has 0 aliphatic heterocycles. The summed E-state index contributed by atoms with van der Waals surface area (Å²) in [5.41, 5.74) is 0.529. The monoisotopic (exact) mass is 610 g/mol. The van der Waals surface area contributed by atoms with Gasteiger partial charge in [-0.3, -0.25) is 0 Å². The zero-order chi connectivity index (χ0) is 24.6. The first-order valence-electron chi connectivity index (χ1n) is 14.7. The average Bonchev–Trinajstić information content (AvgIpc) is 2.80. The molecule has 0 aliphatic rings. The van der Waals surface area contributed by atoms with E-state index < -0.39 is 7.26 Å². The molecule has 0 aromatic carbocycles. The molecule has 0 saturated carbocycles. The normalized spacial score (nSPS) is 11.3. The van der Waals surface area contributed by atoms with Gasteiger partial charge in [-0.1, -0.05) is 104 Å². The van der Waals surface area contributed by atoms with Crippen molar-refractivity contribution < 1.29 is 33.5 Å². The Morgan fingerprint density at radius 2 is 0.912 bits per heavy atom. The minimum Gasteiger partial charge on any atom is -1.00 e. The number of unbranched alkanes of at least 4 members (excludes halogenated alkanes) is 15. The molecule has 2 nitrogen and oxygen atoms in total. The zero-order valence-corrected chi connectivity index (χ0v) is 26.7. The Balaban J connectivity index is 0. The number of hydrogen-bond donors (Lipinski definition) is 0. The van der Waals surface area contributed by atoms with E-state index in [1.54, 1.807) is 6.92 Å². The molecule has 0 bridgehead atoms. The highest BCUT2D eigenvalue weighted by atomic mass is 127. The number of ether oxygens (including phenoxy) is 1. The van der Waals surface area contributed by atoms with Gasteiger partial charge in [0.15, 0.2) is 0 Å². The van der Waals surface area contributed by atoms with Crippen molar-refractivity contribution in [3.8, 4) is 0 Å². The summed E-state index contributed by atoms with van der Waals surface area (Å²) in [6.45, 7) is 13.0. The van der Waals surface area contributed by atoms with E-state index in [1.165, 1.54) is 134 Å². The first kappa shape index (κ1) is 36.5. The molecule has 0 radical (unpaired) electrons. The minimum atomic E-state index is -1.06. The van der Waals surface area contributed by atoms with Gasteiger partial charge >= 0.3 is 5.97 Å². The van der Waals surface area contributed by atoms with Gasteiger partial charge in [-0.05, 0) is 45.4 Å². The highest BCUT2D eigenvalue weighted by Gasteiger charge is 2.35. The van der Waals surface area contributed by atoms with Crippen LogP contribution in [-0.2, 0) is 9.53 Å². The van der Waals surface area contributed by atoms with Crippen molar-refractivity contribution in [1.29, 1.82) is 0 Å². The van der Waals surface area contributed by atoms with Crippen molar-refractivity contribution in [2.24, 2.45) is 0 Å². The van der Waals surface area contributed by atoms with Gasteiger partial charge in [-0.15, -0.1) is 0 Å². The van der Waals surface area contributed by atoms with Crippen LogP contribution in [0.15, 0.2) is 12.2 Å². The standard InChI is InChI=1S/C30H60O2P.HI/c1-6-9-12-15-18-21-25-33(26-22-19-16-13-10-7-2,27-23-20-17-14-11-8-3)28-24-32-30(31)29(4)5;/h4,6-28H2,1-3,5H3;1H/q+1;/p-1. The van der Waals surface area contributed by atoms with Gasteiger partial charge in [0.1, 0.15) is 6.61 Å². The Hall–Kier alpha value is 0.370. The average molecular weight is 611 g/mol. The third kappa shape index (κ3) is 21.6. The van der Waals surface area contributed by atoms with Gasteiger partial charge in [-0.25, -0.2) is 4.79 Å². The lowest BCUT2D eigenvalue weighted by atomic mass is 10.1. The Morgan fingerprint density at radius 1 is 0.588 bits per heavy atom. The van der Waals surface area contributed by atoms with E-state index in [0.717, 1.165) is 6.16 Å².